The van der Waals surface area contributed by atoms with Gasteiger partial charge in [-0.05, 0) is 42.5 Å². The maximum absolute atomic E-state index is 12.8. The molecule has 30 heavy (non-hydrogen) atoms. The van der Waals surface area contributed by atoms with Crippen LogP contribution in [0.25, 0.3) is 6.08 Å². The van der Waals surface area contributed by atoms with Gasteiger partial charge in [-0.25, -0.2) is 0 Å². The monoisotopic (exact) mass is 492 g/mol. The summed E-state index contributed by atoms with van der Waals surface area (Å²) in [7, 11) is 1.51. The van der Waals surface area contributed by atoms with Gasteiger partial charge in [-0.2, -0.15) is 0 Å². The van der Waals surface area contributed by atoms with E-state index >= 15 is 0 Å². The Hall–Kier alpha value is -2.85. The minimum absolute atomic E-state index is 0.139. The van der Waals surface area contributed by atoms with Gasteiger partial charge in [-0.15, -0.1) is 0 Å². The number of hydrogen-bond donors (Lipinski definition) is 0. The van der Waals surface area contributed by atoms with Gasteiger partial charge in [0.05, 0.1) is 30.1 Å². The van der Waals surface area contributed by atoms with Crippen LogP contribution in [-0.4, -0.2) is 34.7 Å². The molecule has 1 aliphatic rings. The lowest BCUT2D eigenvalue weighted by Gasteiger charge is -2.13. The number of amides is 2. The number of benzene rings is 2. The molecule has 1 fully saturated rings. The fourth-order valence-electron chi connectivity index (χ4n) is 2.86. The number of nitrogens with zero attached hydrogens (tertiary/aromatic N) is 2. The molecule has 1 saturated heterocycles. The first-order valence-corrected chi connectivity index (χ1v) is 10.4. The molecule has 0 saturated carbocycles. The second-order valence-electron chi connectivity index (χ2n) is 6.11. The maximum Gasteiger partial charge on any atom is 0.293 e. The summed E-state index contributed by atoms with van der Waals surface area (Å²) in [4.78, 5) is 37.1. The number of imide groups is 1. The van der Waals surface area contributed by atoms with Gasteiger partial charge in [-0.3, -0.25) is 24.6 Å². The van der Waals surface area contributed by atoms with Crippen molar-refractivity contribution >= 4 is 50.6 Å². The van der Waals surface area contributed by atoms with Crippen LogP contribution in [0.2, 0.25) is 0 Å². The Labute approximate surface area is 185 Å². The Kier molecular flexibility index (Phi) is 6.78. The third kappa shape index (κ3) is 4.49. The lowest BCUT2D eigenvalue weighted by molar-refractivity contribution is -0.385. The smallest absolute Gasteiger partial charge is 0.293 e. The van der Waals surface area contributed by atoms with Crippen molar-refractivity contribution in [1.29, 1.82) is 0 Å². The van der Waals surface area contributed by atoms with Gasteiger partial charge in [-0.1, -0.05) is 34.1 Å². The molecule has 10 heteroatoms. The van der Waals surface area contributed by atoms with Crippen LogP contribution in [-0.2, 0) is 11.3 Å². The number of thioether (sulfide) groups is 1. The van der Waals surface area contributed by atoms with E-state index in [1.165, 1.54) is 25.3 Å². The number of hydrogen-bond acceptors (Lipinski definition) is 7. The summed E-state index contributed by atoms with van der Waals surface area (Å²) in [5.41, 5.74) is 0.779. The first-order valence-electron chi connectivity index (χ1n) is 8.83. The van der Waals surface area contributed by atoms with Crippen LogP contribution in [0, 0.1) is 10.1 Å². The molecular weight excluding hydrogens is 476 g/mol. The lowest BCUT2D eigenvalue weighted by Crippen LogP contribution is -2.27. The first kappa shape index (κ1) is 21.8. The number of nitro benzene ring substituents is 1. The van der Waals surface area contributed by atoms with Crippen LogP contribution in [0.5, 0.6) is 11.5 Å². The number of rotatable bonds is 7. The fraction of sp³-hybridized carbons (Fsp3) is 0.200. The molecule has 2 aromatic rings. The fourth-order valence-corrected chi connectivity index (χ4v) is 4.13. The Morgan fingerprint density at radius 1 is 1.23 bits per heavy atom. The molecule has 0 radical (unpaired) electrons. The molecule has 2 amide bonds. The second kappa shape index (κ2) is 9.31. The molecular formula is C20H17BrN2O6S. The molecule has 1 heterocycles. The van der Waals surface area contributed by atoms with Gasteiger partial charge in [0.1, 0.15) is 0 Å². The molecule has 0 atom stereocenters. The van der Waals surface area contributed by atoms with E-state index in [0.29, 0.717) is 28.1 Å². The highest BCUT2D eigenvalue weighted by atomic mass is 79.9. The molecule has 8 nitrogen and oxygen atoms in total. The van der Waals surface area contributed by atoms with Crippen molar-refractivity contribution in [2.45, 2.75) is 13.5 Å². The third-order valence-corrected chi connectivity index (χ3v) is 5.85. The highest BCUT2D eigenvalue weighted by molar-refractivity contribution is 9.10. The predicted octanol–water partition coefficient (Wildman–Crippen LogP) is 5.00. The number of ether oxygens (including phenoxy) is 2. The average Bonchev–Trinajstić information content (AvgIpc) is 2.97. The standard InChI is InChI=1S/C20H17BrN2O6S/c1-3-29-17-10-14(21)13(8-16(17)28-2)9-18-19(24)22(20(25)30-18)11-12-6-4-5-7-15(12)23(26)27/h4-10H,3,11H2,1-2H3. The maximum atomic E-state index is 12.8. The van der Waals surface area contributed by atoms with E-state index in [-0.39, 0.29) is 22.7 Å². The van der Waals surface area contributed by atoms with Gasteiger partial charge >= 0.3 is 0 Å². The van der Waals surface area contributed by atoms with Gasteiger partial charge < -0.3 is 9.47 Å². The van der Waals surface area contributed by atoms with E-state index in [2.05, 4.69) is 15.9 Å². The van der Waals surface area contributed by atoms with Crippen molar-refractivity contribution in [3.05, 3.63) is 67.0 Å². The van der Waals surface area contributed by atoms with E-state index in [4.69, 9.17) is 9.47 Å². The van der Waals surface area contributed by atoms with Gasteiger partial charge in [0, 0.05) is 16.1 Å². The average molecular weight is 493 g/mol. The van der Waals surface area contributed by atoms with Crippen LogP contribution in [0.15, 0.2) is 45.8 Å². The number of carbonyl (C=O) groups is 2. The molecule has 0 aliphatic carbocycles. The zero-order valence-electron chi connectivity index (χ0n) is 16.1. The van der Waals surface area contributed by atoms with E-state index in [1.54, 1.807) is 24.3 Å². The number of nitro groups is 1. The minimum atomic E-state index is -0.534. The lowest BCUT2D eigenvalue weighted by atomic mass is 10.1. The van der Waals surface area contributed by atoms with Crippen molar-refractivity contribution in [2.75, 3.05) is 13.7 Å². The third-order valence-electron chi connectivity index (χ3n) is 4.26. The van der Waals surface area contributed by atoms with Crippen LogP contribution in [0.3, 0.4) is 0 Å². The first-order chi connectivity index (χ1) is 14.3. The highest BCUT2D eigenvalue weighted by Crippen LogP contribution is 2.38. The number of halogens is 1. The Balaban J connectivity index is 1.90. The van der Waals surface area contributed by atoms with Crippen LogP contribution in [0.1, 0.15) is 18.1 Å². The molecule has 3 rings (SSSR count). The Morgan fingerprint density at radius 3 is 2.63 bits per heavy atom. The van der Waals surface area contributed by atoms with Crippen molar-refractivity contribution in [3.63, 3.8) is 0 Å². The summed E-state index contributed by atoms with van der Waals surface area (Å²) in [5, 5.41) is 10.7. The summed E-state index contributed by atoms with van der Waals surface area (Å²) in [6.07, 6.45) is 1.58. The van der Waals surface area contributed by atoms with E-state index in [0.717, 1.165) is 16.7 Å². The topological polar surface area (TPSA) is 99.0 Å². The van der Waals surface area contributed by atoms with Gasteiger partial charge in [0.2, 0.25) is 0 Å². The van der Waals surface area contributed by atoms with Crippen molar-refractivity contribution in [1.82, 2.24) is 4.90 Å². The zero-order chi connectivity index (χ0) is 21.8. The van der Waals surface area contributed by atoms with Crippen molar-refractivity contribution < 1.29 is 24.0 Å². The SMILES string of the molecule is CCOc1cc(Br)c(C=C2SC(=O)N(Cc3ccccc3[N+](=O)[O-])C2=O)cc1OC. The van der Waals surface area contributed by atoms with Gasteiger partial charge in [0.15, 0.2) is 11.5 Å². The molecule has 156 valence electrons. The summed E-state index contributed by atoms with van der Waals surface area (Å²) >= 11 is 4.23. The van der Waals surface area contributed by atoms with Crippen LogP contribution >= 0.6 is 27.7 Å². The zero-order valence-corrected chi connectivity index (χ0v) is 18.5. The number of para-hydroxylation sites is 1. The number of carbonyl (C=O) groups excluding carboxylic acids is 2. The normalized spacial score (nSPS) is 15.0. The van der Waals surface area contributed by atoms with E-state index in [9.17, 15) is 19.7 Å². The number of methoxy groups -OCH3 is 1. The predicted molar refractivity (Wildman–Crippen MR) is 116 cm³/mol. The highest BCUT2D eigenvalue weighted by Gasteiger charge is 2.36. The Morgan fingerprint density at radius 2 is 1.97 bits per heavy atom. The molecule has 2 aromatic carbocycles. The largest absolute Gasteiger partial charge is 0.493 e. The summed E-state index contributed by atoms with van der Waals surface area (Å²) < 4.78 is 11.5. The van der Waals surface area contributed by atoms with Crippen molar-refractivity contribution in [3.8, 4) is 11.5 Å². The quantitative estimate of drug-likeness (QED) is 0.304. The Bertz CT molecular complexity index is 1060. The summed E-state index contributed by atoms with van der Waals surface area (Å²) in [6.45, 7) is 2.15. The molecule has 1 aliphatic heterocycles. The molecule has 0 aromatic heterocycles. The van der Waals surface area contributed by atoms with E-state index in [1.807, 2.05) is 6.92 Å². The minimum Gasteiger partial charge on any atom is -0.493 e. The van der Waals surface area contributed by atoms with Crippen LogP contribution in [0.4, 0.5) is 10.5 Å². The second-order valence-corrected chi connectivity index (χ2v) is 7.96. The summed E-state index contributed by atoms with van der Waals surface area (Å²) in [6, 6.07) is 9.45. The molecule has 0 N–H and O–H groups in total. The molecule has 0 unspecified atom stereocenters. The molecule has 0 spiro atoms. The molecule has 0 bridgehead atoms. The van der Waals surface area contributed by atoms with E-state index < -0.39 is 16.1 Å². The van der Waals surface area contributed by atoms with Crippen molar-refractivity contribution in [2.24, 2.45) is 0 Å². The van der Waals surface area contributed by atoms with Gasteiger partial charge in [0.25, 0.3) is 16.8 Å². The van der Waals surface area contributed by atoms with Crippen LogP contribution < -0.4 is 9.47 Å². The summed E-state index contributed by atoms with van der Waals surface area (Å²) in [5.74, 6) is 0.529.